The van der Waals surface area contributed by atoms with Gasteiger partial charge in [0.25, 0.3) is 0 Å². The van der Waals surface area contributed by atoms with Gasteiger partial charge in [-0.05, 0) is 35.4 Å². The lowest BCUT2D eigenvalue weighted by atomic mass is 9.98. The molecule has 0 unspecified atom stereocenters. The lowest BCUT2D eigenvalue weighted by molar-refractivity contribution is -0.137. The van der Waals surface area contributed by atoms with E-state index in [9.17, 15) is 18.4 Å². The van der Waals surface area contributed by atoms with Gasteiger partial charge in [-0.3, -0.25) is 0 Å². The van der Waals surface area contributed by atoms with Crippen LogP contribution < -0.4 is 9.47 Å². The number of hydrogen-bond donors (Lipinski definition) is 0. The Morgan fingerprint density at radius 3 is 1.94 bits per heavy atom. The SMILES string of the molecule is N#Cc1ccc(C(F)(F)F)cc1-c1ccc(OCc2ccccc2)nc1OCc1ccccc1. The molecule has 7 heteroatoms. The molecule has 0 aliphatic heterocycles. The van der Waals surface area contributed by atoms with Gasteiger partial charge in [0.1, 0.15) is 13.2 Å². The van der Waals surface area contributed by atoms with E-state index in [2.05, 4.69) is 4.98 Å². The number of nitriles is 1. The molecular formula is C27H19F3N2O2. The standard InChI is InChI=1S/C27H19F3N2O2/c28-27(29,30)22-12-11-21(16-31)24(15-22)23-13-14-25(33-17-19-7-3-1-4-8-19)32-26(23)34-18-20-9-5-2-6-10-20/h1-15H,17-18H2. The number of halogens is 3. The number of nitrogens with zero attached hydrogens (tertiary/aromatic N) is 2. The van der Waals surface area contributed by atoms with Crippen molar-refractivity contribution >= 4 is 0 Å². The minimum Gasteiger partial charge on any atom is -0.473 e. The molecule has 1 heterocycles. The maximum absolute atomic E-state index is 13.4. The Morgan fingerprint density at radius 1 is 0.735 bits per heavy atom. The van der Waals surface area contributed by atoms with Crippen molar-refractivity contribution in [3.8, 4) is 29.0 Å². The highest BCUT2D eigenvalue weighted by atomic mass is 19.4. The minimum absolute atomic E-state index is 0.0743. The molecule has 3 aromatic carbocycles. The van der Waals surface area contributed by atoms with Gasteiger partial charge >= 0.3 is 6.18 Å². The summed E-state index contributed by atoms with van der Waals surface area (Å²) in [6, 6.07) is 26.8. The van der Waals surface area contributed by atoms with E-state index in [1.165, 1.54) is 0 Å². The van der Waals surface area contributed by atoms with Crippen molar-refractivity contribution < 1.29 is 22.6 Å². The van der Waals surface area contributed by atoms with Crippen LogP contribution in [0.4, 0.5) is 13.2 Å². The normalized spacial score (nSPS) is 11.0. The Hall–Kier alpha value is -4.31. The zero-order valence-corrected chi connectivity index (χ0v) is 17.9. The Balaban J connectivity index is 1.71. The molecule has 170 valence electrons. The Kier molecular flexibility index (Phi) is 6.79. The highest BCUT2D eigenvalue weighted by Crippen LogP contribution is 2.38. The van der Waals surface area contributed by atoms with Crippen LogP contribution in [0, 0.1) is 11.3 Å². The summed E-state index contributed by atoms with van der Waals surface area (Å²) in [6.07, 6.45) is -4.56. The second kappa shape index (κ2) is 10.1. The van der Waals surface area contributed by atoms with Crippen molar-refractivity contribution in [1.82, 2.24) is 4.98 Å². The Bertz CT molecular complexity index is 1300. The quantitative estimate of drug-likeness (QED) is 0.304. The van der Waals surface area contributed by atoms with Gasteiger partial charge in [0.05, 0.1) is 17.2 Å². The van der Waals surface area contributed by atoms with E-state index >= 15 is 0 Å². The van der Waals surface area contributed by atoms with Crippen molar-refractivity contribution in [1.29, 1.82) is 5.26 Å². The molecule has 34 heavy (non-hydrogen) atoms. The first-order valence-electron chi connectivity index (χ1n) is 10.4. The largest absolute Gasteiger partial charge is 0.473 e. The number of ether oxygens (including phenoxy) is 2. The van der Waals surface area contributed by atoms with Crippen LogP contribution in [0.2, 0.25) is 0 Å². The smallest absolute Gasteiger partial charge is 0.416 e. The first-order chi connectivity index (χ1) is 16.4. The summed E-state index contributed by atoms with van der Waals surface area (Å²) in [6.45, 7) is 0.405. The third-order valence-corrected chi connectivity index (χ3v) is 5.04. The Morgan fingerprint density at radius 2 is 1.35 bits per heavy atom. The summed E-state index contributed by atoms with van der Waals surface area (Å²) >= 11 is 0. The number of pyridine rings is 1. The van der Waals surface area contributed by atoms with Crippen LogP contribution in [0.25, 0.3) is 11.1 Å². The predicted octanol–water partition coefficient (Wildman–Crippen LogP) is 6.80. The number of alkyl halides is 3. The lowest BCUT2D eigenvalue weighted by Gasteiger charge is -2.15. The van der Waals surface area contributed by atoms with Gasteiger partial charge in [-0.2, -0.15) is 23.4 Å². The fourth-order valence-electron chi connectivity index (χ4n) is 3.32. The summed E-state index contributed by atoms with van der Waals surface area (Å²) in [4.78, 5) is 4.41. The summed E-state index contributed by atoms with van der Waals surface area (Å²) < 4.78 is 51.8. The number of hydrogen-bond acceptors (Lipinski definition) is 4. The van der Waals surface area contributed by atoms with E-state index < -0.39 is 11.7 Å². The molecule has 4 rings (SSSR count). The number of aromatic nitrogens is 1. The topological polar surface area (TPSA) is 55.1 Å². The number of rotatable bonds is 7. The second-order valence-electron chi connectivity index (χ2n) is 7.42. The molecular weight excluding hydrogens is 441 g/mol. The highest BCUT2D eigenvalue weighted by Gasteiger charge is 2.31. The third-order valence-electron chi connectivity index (χ3n) is 5.04. The van der Waals surface area contributed by atoms with E-state index in [1.54, 1.807) is 12.1 Å². The summed E-state index contributed by atoms with van der Waals surface area (Å²) in [5, 5.41) is 9.52. The molecule has 0 N–H and O–H groups in total. The molecule has 1 aromatic heterocycles. The predicted molar refractivity (Wildman–Crippen MR) is 121 cm³/mol. The molecule has 0 amide bonds. The van der Waals surface area contributed by atoms with Gasteiger partial charge in [-0.25, -0.2) is 0 Å². The molecule has 0 fully saturated rings. The van der Waals surface area contributed by atoms with Crippen LogP contribution in [0.15, 0.2) is 91.0 Å². The lowest BCUT2D eigenvalue weighted by Crippen LogP contribution is -2.06. The average molecular weight is 460 g/mol. The molecule has 0 saturated carbocycles. The van der Waals surface area contributed by atoms with Crippen molar-refractivity contribution in [3.63, 3.8) is 0 Å². The summed E-state index contributed by atoms with van der Waals surface area (Å²) in [5.41, 5.74) is 1.37. The van der Waals surface area contributed by atoms with Gasteiger partial charge in [-0.15, -0.1) is 0 Å². The van der Waals surface area contributed by atoms with Crippen LogP contribution >= 0.6 is 0 Å². The zero-order chi connectivity index (χ0) is 24.0. The van der Waals surface area contributed by atoms with E-state index in [-0.39, 0.29) is 41.7 Å². The molecule has 0 radical (unpaired) electrons. The van der Waals surface area contributed by atoms with E-state index in [1.807, 2.05) is 66.7 Å². The molecule has 4 nitrogen and oxygen atoms in total. The maximum Gasteiger partial charge on any atom is 0.416 e. The van der Waals surface area contributed by atoms with Crippen molar-refractivity contribution in [3.05, 3.63) is 113 Å². The minimum atomic E-state index is -4.56. The summed E-state index contributed by atoms with van der Waals surface area (Å²) in [5.74, 6) is 0.325. The monoisotopic (exact) mass is 460 g/mol. The van der Waals surface area contributed by atoms with E-state index in [0.29, 0.717) is 0 Å². The number of benzene rings is 3. The fraction of sp³-hybridized carbons (Fsp3) is 0.111. The van der Waals surface area contributed by atoms with Crippen LogP contribution in [-0.2, 0) is 19.4 Å². The third kappa shape index (κ3) is 5.54. The van der Waals surface area contributed by atoms with E-state index in [4.69, 9.17) is 9.47 Å². The van der Waals surface area contributed by atoms with Crippen molar-refractivity contribution in [2.75, 3.05) is 0 Å². The van der Waals surface area contributed by atoms with Gasteiger partial charge in [0.15, 0.2) is 0 Å². The average Bonchev–Trinajstić information content (AvgIpc) is 2.86. The van der Waals surface area contributed by atoms with Gasteiger partial charge in [0.2, 0.25) is 11.8 Å². The van der Waals surface area contributed by atoms with Crippen LogP contribution in [0.1, 0.15) is 22.3 Å². The molecule has 0 atom stereocenters. The van der Waals surface area contributed by atoms with Gasteiger partial charge in [0, 0.05) is 17.2 Å². The highest BCUT2D eigenvalue weighted by molar-refractivity contribution is 5.75. The molecule has 0 aliphatic rings. The first kappa shape index (κ1) is 22.9. The fourth-order valence-corrected chi connectivity index (χ4v) is 3.32. The molecule has 0 bridgehead atoms. The second-order valence-corrected chi connectivity index (χ2v) is 7.42. The first-order valence-corrected chi connectivity index (χ1v) is 10.4. The van der Waals surface area contributed by atoms with Crippen LogP contribution in [0.5, 0.6) is 11.8 Å². The van der Waals surface area contributed by atoms with Gasteiger partial charge < -0.3 is 9.47 Å². The Labute approximate surface area is 194 Å². The van der Waals surface area contributed by atoms with Crippen molar-refractivity contribution in [2.24, 2.45) is 0 Å². The molecule has 4 aromatic rings. The maximum atomic E-state index is 13.4. The molecule has 0 aliphatic carbocycles. The molecule has 0 spiro atoms. The zero-order valence-electron chi connectivity index (χ0n) is 17.9. The molecule has 0 saturated heterocycles. The van der Waals surface area contributed by atoms with Crippen LogP contribution in [-0.4, -0.2) is 4.98 Å². The van der Waals surface area contributed by atoms with Gasteiger partial charge in [-0.1, -0.05) is 60.7 Å². The van der Waals surface area contributed by atoms with E-state index in [0.717, 1.165) is 29.3 Å². The van der Waals surface area contributed by atoms with Crippen molar-refractivity contribution in [2.45, 2.75) is 19.4 Å². The summed E-state index contributed by atoms with van der Waals surface area (Å²) in [7, 11) is 0. The van der Waals surface area contributed by atoms with Crippen LogP contribution in [0.3, 0.4) is 0 Å².